The Balaban J connectivity index is 1.50. The van der Waals surface area contributed by atoms with Crippen molar-refractivity contribution in [2.24, 2.45) is 0 Å². The molecule has 0 unspecified atom stereocenters. The maximum atomic E-state index is 13.1. The Morgan fingerprint density at radius 3 is 2.86 bits per heavy atom. The highest BCUT2D eigenvalue weighted by Gasteiger charge is 2.23. The number of amides is 1. The first-order valence-corrected chi connectivity index (χ1v) is 11.0. The lowest BCUT2D eigenvalue weighted by atomic mass is 10.1. The van der Waals surface area contributed by atoms with Crippen LogP contribution in [0.25, 0.3) is 10.9 Å². The second kappa shape index (κ2) is 7.17. The summed E-state index contributed by atoms with van der Waals surface area (Å²) < 4.78 is 1.84. The molecule has 3 aromatic rings. The SMILES string of the molecule is O=C(c1ccc2c(=O)n3c(nc2c1)CCCCCC3)N1CCc2sccc2C1. The van der Waals surface area contributed by atoms with Crippen LogP contribution in [0.2, 0.25) is 0 Å². The van der Waals surface area contributed by atoms with Gasteiger partial charge in [0.25, 0.3) is 11.5 Å². The number of hydrogen-bond donors (Lipinski definition) is 0. The highest BCUT2D eigenvalue weighted by atomic mass is 32.1. The zero-order chi connectivity index (χ0) is 19.1. The van der Waals surface area contributed by atoms with E-state index in [1.807, 2.05) is 15.5 Å². The summed E-state index contributed by atoms with van der Waals surface area (Å²) in [6.45, 7) is 2.15. The average Bonchev–Trinajstić information content (AvgIpc) is 3.16. The van der Waals surface area contributed by atoms with Crippen LogP contribution in [0.3, 0.4) is 0 Å². The van der Waals surface area contributed by atoms with Crippen molar-refractivity contribution in [3.8, 4) is 0 Å². The number of aromatic nitrogens is 2. The fraction of sp³-hybridized carbons (Fsp3) is 0.409. The molecule has 0 N–H and O–H groups in total. The number of benzene rings is 1. The summed E-state index contributed by atoms with van der Waals surface area (Å²) in [4.78, 5) is 34.1. The van der Waals surface area contributed by atoms with Gasteiger partial charge in [-0.2, -0.15) is 0 Å². The smallest absolute Gasteiger partial charge is 0.261 e. The van der Waals surface area contributed by atoms with E-state index in [1.54, 1.807) is 23.5 Å². The molecular formula is C22H23N3O2S. The van der Waals surface area contributed by atoms with Crippen molar-refractivity contribution in [2.75, 3.05) is 6.54 Å². The minimum atomic E-state index is 0.0207. The standard InChI is InChI=1S/C22H23N3O2S/c26-21(24-11-8-19-16(14-24)9-12-28-19)15-6-7-17-18(13-15)23-20-5-3-1-2-4-10-25(20)22(17)27/h6-7,9,12-13H,1-5,8,10-11,14H2. The fourth-order valence-corrected chi connectivity index (χ4v) is 5.22. The lowest BCUT2D eigenvalue weighted by Crippen LogP contribution is -2.35. The van der Waals surface area contributed by atoms with Gasteiger partial charge in [-0.25, -0.2) is 4.98 Å². The lowest BCUT2D eigenvalue weighted by Gasteiger charge is -2.27. The van der Waals surface area contributed by atoms with Crippen molar-refractivity contribution in [1.29, 1.82) is 0 Å². The lowest BCUT2D eigenvalue weighted by molar-refractivity contribution is 0.0736. The third-order valence-electron chi connectivity index (χ3n) is 5.91. The molecular weight excluding hydrogens is 370 g/mol. The van der Waals surface area contributed by atoms with Crippen LogP contribution in [-0.4, -0.2) is 26.9 Å². The van der Waals surface area contributed by atoms with Crippen LogP contribution in [0.4, 0.5) is 0 Å². The normalized spacial score (nSPS) is 16.9. The summed E-state index contributed by atoms with van der Waals surface area (Å²) in [7, 11) is 0. The Morgan fingerprint density at radius 2 is 1.93 bits per heavy atom. The van der Waals surface area contributed by atoms with Crippen LogP contribution in [0.5, 0.6) is 0 Å². The molecule has 2 aromatic heterocycles. The van der Waals surface area contributed by atoms with E-state index in [2.05, 4.69) is 11.4 Å². The summed E-state index contributed by atoms with van der Waals surface area (Å²) >= 11 is 1.77. The van der Waals surface area contributed by atoms with E-state index in [9.17, 15) is 9.59 Å². The highest BCUT2D eigenvalue weighted by molar-refractivity contribution is 7.10. The second-order valence-corrected chi connectivity index (χ2v) is 8.73. The Kier molecular flexibility index (Phi) is 4.51. The van der Waals surface area contributed by atoms with Crippen LogP contribution in [0.15, 0.2) is 34.4 Å². The molecule has 1 amide bonds. The van der Waals surface area contributed by atoms with E-state index >= 15 is 0 Å². The molecule has 2 aliphatic heterocycles. The molecule has 1 aromatic carbocycles. The molecule has 5 nitrogen and oxygen atoms in total. The molecule has 0 spiro atoms. The molecule has 5 rings (SSSR count). The third-order valence-corrected chi connectivity index (χ3v) is 6.93. The van der Waals surface area contributed by atoms with Crippen molar-refractivity contribution < 1.29 is 4.79 Å². The number of fused-ring (bicyclic) bond motifs is 3. The number of aryl methyl sites for hydroxylation is 1. The van der Waals surface area contributed by atoms with Gasteiger partial charge in [0.05, 0.1) is 10.9 Å². The molecule has 6 heteroatoms. The van der Waals surface area contributed by atoms with Gasteiger partial charge >= 0.3 is 0 Å². The summed E-state index contributed by atoms with van der Waals surface area (Å²) in [5.74, 6) is 0.884. The molecule has 4 heterocycles. The largest absolute Gasteiger partial charge is 0.334 e. The Morgan fingerprint density at radius 1 is 1.04 bits per heavy atom. The highest BCUT2D eigenvalue weighted by Crippen LogP contribution is 2.25. The van der Waals surface area contributed by atoms with Gasteiger partial charge < -0.3 is 4.90 Å². The van der Waals surface area contributed by atoms with Gasteiger partial charge in [0.15, 0.2) is 0 Å². The molecule has 0 saturated heterocycles. The molecule has 0 fully saturated rings. The van der Waals surface area contributed by atoms with Crippen molar-refractivity contribution in [3.63, 3.8) is 0 Å². The summed E-state index contributed by atoms with van der Waals surface area (Å²) in [5.41, 5.74) is 2.55. The van der Waals surface area contributed by atoms with Gasteiger partial charge in [-0.15, -0.1) is 11.3 Å². The first kappa shape index (κ1) is 17.6. The van der Waals surface area contributed by atoms with E-state index in [4.69, 9.17) is 4.98 Å². The quantitative estimate of drug-likeness (QED) is 0.632. The Hall–Kier alpha value is -2.47. The number of carbonyl (C=O) groups excluding carboxylic acids is 1. The Labute approximate surface area is 167 Å². The predicted octanol–water partition coefficient (Wildman–Crippen LogP) is 3.77. The van der Waals surface area contributed by atoms with E-state index in [0.29, 0.717) is 23.0 Å². The zero-order valence-corrected chi connectivity index (χ0v) is 16.6. The van der Waals surface area contributed by atoms with Gasteiger partial charge in [-0.05, 0) is 54.5 Å². The molecule has 144 valence electrons. The van der Waals surface area contributed by atoms with Crippen molar-refractivity contribution >= 4 is 28.1 Å². The van der Waals surface area contributed by atoms with Crippen molar-refractivity contribution in [2.45, 2.75) is 51.6 Å². The topological polar surface area (TPSA) is 55.2 Å². The summed E-state index contributed by atoms with van der Waals surface area (Å²) in [5, 5.41) is 2.71. The maximum absolute atomic E-state index is 13.1. The maximum Gasteiger partial charge on any atom is 0.261 e. The van der Waals surface area contributed by atoms with Gasteiger partial charge in [-0.3, -0.25) is 14.2 Å². The first-order chi connectivity index (χ1) is 13.7. The molecule has 0 saturated carbocycles. The monoisotopic (exact) mass is 393 g/mol. The molecule has 0 atom stereocenters. The van der Waals surface area contributed by atoms with Crippen molar-refractivity contribution in [1.82, 2.24) is 14.5 Å². The number of hydrogen-bond acceptors (Lipinski definition) is 4. The minimum Gasteiger partial charge on any atom is -0.334 e. The number of nitrogens with zero attached hydrogens (tertiary/aromatic N) is 3. The summed E-state index contributed by atoms with van der Waals surface area (Å²) in [6, 6.07) is 7.48. The second-order valence-electron chi connectivity index (χ2n) is 7.73. The first-order valence-electron chi connectivity index (χ1n) is 10.1. The molecule has 0 bridgehead atoms. The third kappa shape index (κ3) is 3.05. The Bertz CT molecular complexity index is 1110. The van der Waals surface area contributed by atoms with Gasteiger partial charge in [0, 0.05) is 36.5 Å². The van der Waals surface area contributed by atoms with Crippen LogP contribution >= 0.6 is 11.3 Å². The van der Waals surface area contributed by atoms with E-state index in [0.717, 1.165) is 44.6 Å². The van der Waals surface area contributed by atoms with Crippen LogP contribution in [0, 0.1) is 0 Å². The van der Waals surface area contributed by atoms with Crippen LogP contribution in [-0.2, 0) is 25.9 Å². The number of thiophene rings is 1. The minimum absolute atomic E-state index is 0.0207. The molecule has 0 aliphatic carbocycles. The van der Waals surface area contributed by atoms with E-state index in [-0.39, 0.29) is 11.5 Å². The van der Waals surface area contributed by atoms with E-state index < -0.39 is 0 Å². The van der Waals surface area contributed by atoms with Gasteiger partial charge in [-0.1, -0.05) is 12.8 Å². The molecule has 0 radical (unpaired) electrons. The number of rotatable bonds is 1. The van der Waals surface area contributed by atoms with Gasteiger partial charge in [0.2, 0.25) is 0 Å². The van der Waals surface area contributed by atoms with E-state index in [1.165, 1.54) is 23.3 Å². The van der Waals surface area contributed by atoms with Crippen LogP contribution in [0.1, 0.15) is 52.3 Å². The predicted molar refractivity (Wildman–Crippen MR) is 111 cm³/mol. The zero-order valence-electron chi connectivity index (χ0n) is 15.8. The molecule has 28 heavy (non-hydrogen) atoms. The summed E-state index contributed by atoms with van der Waals surface area (Å²) in [6.07, 6.45) is 6.18. The average molecular weight is 394 g/mol. The van der Waals surface area contributed by atoms with Crippen molar-refractivity contribution in [3.05, 3.63) is 61.8 Å². The molecule has 2 aliphatic rings. The fourth-order valence-electron chi connectivity index (χ4n) is 4.33. The number of carbonyl (C=O) groups is 1. The van der Waals surface area contributed by atoms with Gasteiger partial charge in [0.1, 0.15) is 5.82 Å². The van der Waals surface area contributed by atoms with Crippen LogP contribution < -0.4 is 5.56 Å².